The SMILES string of the molecule is CC1(C)CCC(NC(=O)C2NCc3ncncc32)CC1. The van der Waals surface area contributed by atoms with E-state index < -0.39 is 0 Å². The first-order valence-electron chi connectivity index (χ1n) is 7.38. The number of nitrogens with one attached hydrogen (secondary N) is 2. The van der Waals surface area contributed by atoms with Gasteiger partial charge in [-0.3, -0.25) is 10.1 Å². The van der Waals surface area contributed by atoms with E-state index in [2.05, 4.69) is 34.4 Å². The van der Waals surface area contributed by atoms with Crippen LogP contribution in [-0.4, -0.2) is 21.9 Å². The molecule has 0 spiro atoms. The third-order valence-electron chi connectivity index (χ3n) is 4.56. The van der Waals surface area contributed by atoms with Gasteiger partial charge in [0.15, 0.2) is 0 Å². The lowest BCUT2D eigenvalue weighted by Crippen LogP contribution is -2.43. The van der Waals surface area contributed by atoms with Gasteiger partial charge in [0.1, 0.15) is 12.4 Å². The molecule has 2 N–H and O–H groups in total. The van der Waals surface area contributed by atoms with E-state index in [-0.39, 0.29) is 11.9 Å². The van der Waals surface area contributed by atoms with Gasteiger partial charge in [0.2, 0.25) is 5.91 Å². The van der Waals surface area contributed by atoms with Crippen LogP contribution in [0.5, 0.6) is 0 Å². The number of hydrogen-bond donors (Lipinski definition) is 2. The second-order valence-electron chi connectivity index (χ2n) is 6.69. The molecule has 0 aromatic carbocycles. The zero-order valence-corrected chi connectivity index (χ0v) is 12.1. The molecule has 1 saturated carbocycles. The van der Waals surface area contributed by atoms with Crippen molar-refractivity contribution in [3.8, 4) is 0 Å². The molecule has 0 radical (unpaired) electrons. The minimum atomic E-state index is -0.291. The van der Waals surface area contributed by atoms with Gasteiger partial charge < -0.3 is 5.32 Å². The minimum Gasteiger partial charge on any atom is -0.352 e. The molecule has 1 fully saturated rings. The molecule has 0 saturated heterocycles. The third-order valence-corrected chi connectivity index (χ3v) is 4.56. The summed E-state index contributed by atoms with van der Waals surface area (Å²) in [5, 5.41) is 6.40. The molecular formula is C15H22N4O. The number of carbonyl (C=O) groups excluding carboxylic acids is 1. The highest BCUT2D eigenvalue weighted by atomic mass is 16.2. The topological polar surface area (TPSA) is 66.9 Å². The zero-order chi connectivity index (χ0) is 14.2. The zero-order valence-electron chi connectivity index (χ0n) is 12.1. The van der Waals surface area contributed by atoms with Crippen molar-refractivity contribution in [2.45, 2.75) is 58.2 Å². The molecule has 2 heterocycles. The number of fused-ring (bicyclic) bond motifs is 1. The molecule has 1 amide bonds. The number of hydrogen-bond acceptors (Lipinski definition) is 4. The van der Waals surface area contributed by atoms with E-state index in [1.165, 1.54) is 19.2 Å². The predicted octanol–water partition coefficient (Wildman–Crippen LogP) is 1.71. The predicted molar refractivity (Wildman–Crippen MR) is 75.8 cm³/mol. The molecule has 108 valence electrons. The summed E-state index contributed by atoms with van der Waals surface area (Å²) in [7, 11) is 0. The van der Waals surface area contributed by atoms with E-state index in [1.54, 1.807) is 6.20 Å². The Labute approximate surface area is 119 Å². The Balaban J connectivity index is 1.61. The van der Waals surface area contributed by atoms with Crippen molar-refractivity contribution in [2.24, 2.45) is 5.41 Å². The fourth-order valence-corrected chi connectivity index (χ4v) is 3.13. The summed E-state index contributed by atoms with van der Waals surface area (Å²) in [6.07, 6.45) is 7.78. The molecule has 2 aliphatic rings. The Kier molecular flexibility index (Phi) is 3.46. The van der Waals surface area contributed by atoms with Crippen LogP contribution in [-0.2, 0) is 11.3 Å². The molecule has 1 aromatic heterocycles. The smallest absolute Gasteiger partial charge is 0.242 e. The van der Waals surface area contributed by atoms with Crippen LogP contribution < -0.4 is 10.6 Å². The van der Waals surface area contributed by atoms with Gasteiger partial charge in [-0.2, -0.15) is 0 Å². The van der Waals surface area contributed by atoms with Gasteiger partial charge in [0.25, 0.3) is 0 Å². The highest BCUT2D eigenvalue weighted by Crippen LogP contribution is 2.35. The van der Waals surface area contributed by atoms with Crippen molar-refractivity contribution in [3.63, 3.8) is 0 Å². The molecule has 3 rings (SSSR count). The summed E-state index contributed by atoms with van der Waals surface area (Å²) >= 11 is 0. The van der Waals surface area contributed by atoms with E-state index in [1.807, 2.05) is 0 Å². The molecule has 1 unspecified atom stereocenters. The van der Waals surface area contributed by atoms with E-state index in [0.29, 0.717) is 18.0 Å². The summed E-state index contributed by atoms with van der Waals surface area (Å²) in [6, 6.07) is 0.0205. The second-order valence-corrected chi connectivity index (χ2v) is 6.69. The van der Waals surface area contributed by atoms with Gasteiger partial charge in [0.05, 0.1) is 5.69 Å². The summed E-state index contributed by atoms with van der Waals surface area (Å²) < 4.78 is 0. The van der Waals surface area contributed by atoms with Crippen molar-refractivity contribution < 1.29 is 4.79 Å². The van der Waals surface area contributed by atoms with Crippen LogP contribution in [0.3, 0.4) is 0 Å². The summed E-state index contributed by atoms with van der Waals surface area (Å²) in [4.78, 5) is 20.6. The van der Waals surface area contributed by atoms with Crippen molar-refractivity contribution in [2.75, 3.05) is 0 Å². The lowest BCUT2D eigenvalue weighted by Gasteiger charge is -2.35. The van der Waals surface area contributed by atoms with Crippen LogP contribution in [0.25, 0.3) is 0 Å². The Bertz CT molecular complexity index is 504. The van der Waals surface area contributed by atoms with Gasteiger partial charge in [0, 0.05) is 24.3 Å². The Hall–Kier alpha value is -1.49. The Morgan fingerprint density at radius 2 is 2.15 bits per heavy atom. The first-order valence-corrected chi connectivity index (χ1v) is 7.38. The van der Waals surface area contributed by atoms with Gasteiger partial charge >= 0.3 is 0 Å². The van der Waals surface area contributed by atoms with Gasteiger partial charge in [-0.05, 0) is 31.1 Å². The van der Waals surface area contributed by atoms with E-state index in [9.17, 15) is 4.79 Å². The quantitative estimate of drug-likeness (QED) is 0.861. The largest absolute Gasteiger partial charge is 0.352 e. The maximum atomic E-state index is 12.4. The van der Waals surface area contributed by atoms with Crippen LogP contribution >= 0.6 is 0 Å². The summed E-state index contributed by atoms with van der Waals surface area (Å²) in [5.74, 6) is 0.0586. The first kappa shape index (κ1) is 13.5. The van der Waals surface area contributed by atoms with Crippen molar-refractivity contribution >= 4 is 5.91 Å². The van der Waals surface area contributed by atoms with Crippen LogP contribution in [0.4, 0.5) is 0 Å². The van der Waals surface area contributed by atoms with E-state index >= 15 is 0 Å². The highest BCUT2D eigenvalue weighted by Gasteiger charge is 2.32. The first-order chi connectivity index (χ1) is 9.55. The molecule has 5 heteroatoms. The lowest BCUT2D eigenvalue weighted by atomic mass is 9.75. The fourth-order valence-electron chi connectivity index (χ4n) is 3.13. The highest BCUT2D eigenvalue weighted by molar-refractivity contribution is 5.84. The molecule has 1 atom stereocenters. The normalized spacial score (nSPS) is 25.2. The molecule has 1 aromatic rings. The monoisotopic (exact) mass is 274 g/mol. The maximum Gasteiger partial charge on any atom is 0.242 e. The number of rotatable bonds is 2. The van der Waals surface area contributed by atoms with Crippen molar-refractivity contribution in [1.29, 1.82) is 0 Å². The Morgan fingerprint density at radius 1 is 1.40 bits per heavy atom. The Morgan fingerprint density at radius 3 is 2.90 bits per heavy atom. The standard InChI is InChI=1S/C15H22N4O/c1-15(2)5-3-10(4-6-15)19-14(20)13-11-7-16-9-18-12(11)8-17-13/h7,9-10,13,17H,3-6,8H2,1-2H3,(H,19,20). The fraction of sp³-hybridized carbons (Fsp3) is 0.667. The van der Waals surface area contributed by atoms with E-state index in [4.69, 9.17) is 0 Å². The van der Waals surface area contributed by atoms with E-state index in [0.717, 1.165) is 24.1 Å². The molecule has 20 heavy (non-hydrogen) atoms. The maximum absolute atomic E-state index is 12.4. The molecule has 1 aliphatic heterocycles. The second kappa shape index (κ2) is 5.13. The molecule has 0 bridgehead atoms. The van der Waals surface area contributed by atoms with Crippen LogP contribution in [0, 0.1) is 5.41 Å². The summed E-state index contributed by atoms with van der Waals surface area (Å²) in [6.45, 7) is 5.25. The van der Waals surface area contributed by atoms with Gasteiger partial charge in [-0.1, -0.05) is 13.8 Å². The average Bonchev–Trinajstić information content (AvgIpc) is 2.85. The number of carbonyl (C=O) groups is 1. The lowest BCUT2D eigenvalue weighted by molar-refractivity contribution is -0.124. The molecule has 5 nitrogen and oxygen atoms in total. The average molecular weight is 274 g/mol. The van der Waals surface area contributed by atoms with Crippen molar-refractivity contribution in [1.82, 2.24) is 20.6 Å². The van der Waals surface area contributed by atoms with Crippen LogP contribution in [0.2, 0.25) is 0 Å². The number of nitrogens with zero attached hydrogens (tertiary/aromatic N) is 2. The molecule has 1 aliphatic carbocycles. The van der Waals surface area contributed by atoms with Gasteiger partial charge in [-0.15, -0.1) is 0 Å². The summed E-state index contributed by atoms with van der Waals surface area (Å²) in [5.41, 5.74) is 2.28. The van der Waals surface area contributed by atoms with Gasteiger partial charge in [-0.25, -0.2) is 9.97 Å². The molecular weight excluding hydrogens is 252 g/mol. The third kappa shape index (κ3) is 2.68. The van der Waals surface area contributed by atoms with Crippen molar-refractivity contribution in [3.05, 3.63) is 23.8 Å². The number of aromatic nitrogens is 2. The van der Waals surface area contributed by atoms with Crippen LogP contribution in [0.15, 0.2) is 12.5 Å². The van der Waals surface area contributed by atoms with Crippen LogP contribution in [0.1, 0.15) is 56.8 Å². The minimum absolute atomic E-state index is 0.0586. The number of amides is 1.